The number of phosphoric ester groups is 1. The van der Waals surface area contributed by atoms with Crippen LogP contribution in [0.5, 0.6) is 0 Å². The number of hydrogen-bond donors (Lipinski definition) is 6. The van der Waals surface area contributed by atoms with Crippen molar-refractivity contribution in [2.45, 2.75) is 159 Å². The van der Waals surface area contributed by atoms with Gasteiger partial charge in [-0.15, -0.1) is 0 Å². The van der Waals surface area contributed by atoms with Crippen LogP contribution in [-0.4, -0.2) is 98.9 Å². The number of carbonyl (C=O) groups excluding carboxylic acids is 1. The van der Waals surface area contributed by atoms with Crippen molar-refractivity contribution in [2.24, 2.45) is 0 Å². The van der Waals surface area contributed by atoms with Gasteiger partial charge in [-0.25, -0.2) is 4.57 Å². The second kappa shape index (κ2) is 33.5. The molecule has 13 heteroatoms. The lowest BCUT2D eigenvalue weighted by molar-refractivity contribution is -0.220. The van der Waals surface area contributed by atoms with E-state index in [0.29, 0.717) is 12.8 Å². The van der Waals surface area contributed by atoms with Crippen LogP contribution in [0.3, 0.4) is 0 Å². The number of esters is 1. The molecule has 6 unspecified atom stereocenters. The van der Waals surface area contributed by atoms with Gasteiger partial charge in [-0.3, -0.25) is 13.8 Å². The fraction of sp³-hybridized carbons (Fsp3) is 0.651. The zero-order valence-electron chi connectivity index (χ0n) is 33.6. The first kappa shape index (κ1) is 51.5. The minimum absolute atomic E-state index is 0.142. The van der Waals surface area contributed by atoms with E-state index in [1.165, 1.54) is 0 Å². The van der Waals surface area contributed by atoms with Crippen LogP contribution in [0.2, 0.25) is 0 Å². The monoisotopic (exact) mass is 810 g/mol. The van der Waals surface area contributed by atoms with Gasteiger partial charge in [0.15, 0.2) is 0 Å². The van der Waals surface area contributed by atoms with E-state index in [1.54, 1.807) is 0 Å². The van der Waals surface area contributed by atoms with Crippen LogP contribution < -0.4 is 0 Å². The normalized spacial score (nSPS) is 23.9. The number of phosphoric acid groups is 1. The second-order valence-corrected chi connectivity index (χ2v) is 15.2. The maximum atomic E-state index is 12.8. The molecule has 320 valence electrons. The van der Waals surface area contributed by atoms with Gasteiger partial charge in [0, 0.05) is 6.42 Å². The molecule has 0 bridgehead atoms. The van der Waals surface area contributed by atoms with Crippen molar-refractivity contribution in [2.75, 3.05) is 19.8 Å². The van der Waals surface area contributed by atoms with Crippen molar-refractivity contribution in [1.82, 2.24) is 0 Å². The smallest absolute Gasteiger partial charge is 0.457 e. The van der Waals surface area contributed by atoms with Crippen molar-refractivity contribution in [3.8, 4) is 0 Å². The highest BCUT2D eigenvalue weighted by Crippen LogP contribution is 2.47. The summed E-state index contributed by atoms with van der Waals surface area (Å²) in [5.41, 5.74) is 0. The Bertz CT molecular complexity index is 1240. The van der Waals surface area contributed by atoms with Crippen LogP contribution in [0, 0.1) is 0 Å². The van der Waals surface area contributed by atoms with Crippen molar-refractivity contribution in [3.05, 3.63) is 85.1 Å². The molecule has 1 rings (SSSR count). The third kappa shape index (κ3) is 25.7. The molecule has 1 saturated carbocycles. The molecule has 12 nitrogen and oxygen atoms in total. The predicted octanol–water partition coefficient (Wildman–Crippen LogP) is 7.41. The minimum Gasteiger partial charge on any atom is -0.457 e. The van der Waals surface area contributed by atoms with Gasteiger partial charge in [-0.2, -0.15) is 0 Å². The average Bonchev–Trinajstić information content (AvgIpc) is 3.18. The van der Waals surface area contributed by atoms with Gasteiger partial charge in [0.2, 0.25) is 0 Å². The Labute approximate surface area is 335 Å². The molecule has 0 amide bonds. The first-order valence-electron chi connectivity index (χ1n) is 20.4. The van der Waals surface area contributed by atoms with Gasteiger partial charge in [0.25, 0.3) is 0 Å². The number of ether oxygens (including phenoxy) is 2. The lowest BCUT2D eigenvalue weighted by Gasteiger charge is -2.41. The van der Waals surface area contributed by atoms with Gasteiger partial charge >= 0.3 is 13.8 Å². The van der Waals surface area contributed by atoms with Crippen LogP contribution in [0.4, 0.5) is 0 Å². The molecule has 1 aliphatic carbocycles. The lowest BCUT2D eigenvalue weighted by Crippen LogP contribution is -2.64. The van der Waals surface area contributed by atoms with Crippen LogP contribution in [0.25, 0.3) is 0 Å². The molecule has 6 N–H and O–H groups in total. The van der Waals surface area contributed by atoms with E-state index >= 15 is 0 Å². The Morgan fingerprint density at radius 1 is 0.589 bits per heavy atom. The minimum atomic E-state index is -5.04. The molecule has 0 aromatic heterocycles. The molecule has 0 aliphatic heterocycles. The van der Waals surface area contributed by atoms with E-state index in [1.807, 2.05) is 12.2 Å². The summed E-state index contributed by atoms with van der Waals surface area (Å²) in [6.07, 6.45) is 31.1. The Morgan fingerprint density at radius 2 is 1.05 bits per heavy atom. The molecular formula is C43H71O12P. The maximum absolute atomic E-state index is 12.8. The fourth-order valence-corrected chi connectivity index (χ4v) is 6.49. The molecule has 56 heavy (non-hydrogen) atoms. The average molecular weight is 811 g/mol. The molecule has 0 aromatic carbocycles. The Kier molecular flexibility index (Phi) is 30.8. The van der Waals surface area contributed by atoms with Gasteiger partial charge in [0.1, 0.15) is 42.7 Å². The number of allylic oxidation sites excluding steroid dienone is 13. The van der Waals surface area contributed by atoms with Crippen molar-refractivity contribution < 1.29 is 58.3 Å². The van der Waals surface area contributed by atoms with E-state index in [-0.39, 0.29) is 19.6 Å². The molecule has 0 spiro atoms. The molecule has 0 saturated heterocycles. The standard InChI is InChI=1S/C43H71O12P/c1-3-5-7-9-11-13-15-17-18-19-21-23-25-27-29-31-33-52-34-36(35-53-56(50,51)55-43-41(48)39(46)38(45)40(47)42(43)49)54-37(44)32-30-28-26-24-22-20-16-14-12-10-8-6-4-2/h5,7-8,10-11,13-14,16-18,21,23,27,29,36,38-43,45-49H,3-4,6,9,12,15,19-20,22,24-26,28,30-35H2,1-2H3,(H,50,51)/b7-5-,10-8-,13-11-,16-14-,18-17-,23-21-,29-27-. The summed E-state index contributed by atoms with van der Waals surface area (Å²) in [4.78, 5) is 23.0. The summed E-state index contributed by atoms with van der Waals surface area (Å²) >= 11 is 0. The fourth-order valence-electron chi connectivity index (χ4n) is 5.51. The zero-order valence-corrected chi connectivity index (χ0v) is 34.5. The topological polar surface area (TPSA) is 192 Å². The first-order valence-corrected chi connectivity index (χ1v) is 21.9. The number of carbonyl (C=O) groups is 1. The summed E-state index contributed by atoms with van der Waals surface area (Å²) < 4.78 is 33.9. The summed E-state index contributed by atoms with van der Waals surface area (Å²) in [6.45, 7) is 3.81. The molecule has 1 fully saturated rings. The van der Waals surface area contributed by atoms with Gasteiger partial charge in [0.05, 0.1) is 19.8 Å². The number of aliphatic hydroxyl groups excluding tert-OH is 5. The van der Waals surface area contributed by atoms with E-state index in [9.17, 15) is 39.8 Å². The van der Waals surface area contributed by atoms with Gasteiger partial charge in [-0.05, 0) is 70.6 Å². The quantitative estimate of drug-likeness (QED) is 0.0171. The predicted molar refractivity (Wildman–Crippen MR) is 221 cm³/mol. The van der Waals surface area contributed by atoms with Crippen LogP contribution in [-0.2, 0) is 27.9 Å². The Balaban J connectivity index is 2.53. The molecular weight excluding hydrogens is 739 g/mol. The summed E-state index contributed by atoms with van der Waals surface area (Å²) in [6, 6.07) is 0. The SMILES string of the molecule is CC/C=C\C/C=C\C/C=C\C/C=C\C/C=C\CCOCC(COP(=O)(O)OC1C(O)C(O)C(O)C(O)C1O)OC(=O)CCCCCCC/C=C\C/C=C\CCC. The highest BCUT2D eigenvalue weighted by atomic mass is 31.2. The van der Waals surface area contributed by atoms with E-state index in [0.717, 1.165) is 83.5 Å². The van der Waals surface area contributed by atoms with Crippen molar-refractivity contribution in [1.29, 1.82) is 0 Å². The number of unbranched alkanes of at least 4 members (excludes halogenated alkanes) is 6. The molecule has 0 radical (unpaired) electrons. The maximum Gasteiger partial charge on any atom is 0.472 e. The summed E-state index contributed by atoms with van der Waals surface area (Å²) in [7, 11) is -5.04. The van der Waals surface area contributed by atoms with Crippen molar-refractivity contribution in [3.63, 3.8) is 0 Å². The highest BCUT2D eigenvalue weighted by Gasteiger charge is 2.51. The van der Waals surface area contributed by atoms with Crippen LogP contribution >= 0.6 is 7.82 Å². The summed E-state index contributed by atoms with van der Waals surface area (Å²) in [5, 5.41) is 50.0. The number of rotatable bonds is 32. The van der Waals surface area contributed by atoms with E-state index in [2.05, 4.69) is 86.8 Å². The van der Waals surface area contributed by atoms with Crippen molar-refractivity contribution >= 4 is 13.8 Å². The molecule has 0 aromatic rings. The van der Waals surface area contributed by atoms with Gasteiger partial charge in [-0.1, -0.05) is 125 Å². The third-order valence-corrected chi connectivity index (χ3v) is 9.74. The van der Waals surface area contributed by atoms with E-state index < -0.39 is 63.1 Å². The zero-order chi connectivity index (χ0) is 41.3. The Hall–Kier alpha value is -2.48. The molecule has 1 aliphatic rings. The molecule has 6 atom stereocenters. The third-order valence-electron chi connectivity index (χ3n) is 8.75. The number of aliphatic hydroxyl groups is 5. The second-order valence-electron chi connectivity index (χ2n) is 13.7. The highest BCUT2D eigenvalue weighted by molar-refractivity contribution is 7.47. The van der Waals surface area contributed by atoms with Crippen LogP contribution in [0.15, 0.2) is 85.1 Å². The largest absolute Gasteiger partial charge is 0.472 e. The van der Waals surface area contributed by atoms with E-state index in [4.69, 9.17) is 18.5 Å². The Morgan fingerprint density at radius 3 is 1.61 bits per heavy atom. The van der Waals surface area contributed by atoms with Gasteiger partial charge < -0.3 is 39.9 Å². The summed E-state index contributed by atoms with van der Waals surface area (Å²) in [5.74, 6) is -0.522. The number of hydrogen-bond acceptors (Lipinski definition) is 11. The first-order chi connectivity index (χ1) is 27.0. The molecule has 0 heterocycles. The van der Waals surface area contributed by atoms with Crippen LogP contribution in [0.1, 0.15) is 117 Å². The lowest BCUT2D eigenvalue weighted by atomic mass is 9.85.